The molecule has 1 heterocycles. The van der Waals surface area contributed by atoms with Gasteiger partial charge in [-0.05, 0) is 49.4 Å². The summed E-state index contributed by atoms with van der Waals surface area (Å²) in [6, 6.07) is 14.8. The number of hydrogen-bond acceptors (Lipinski definition) is 2. The number of rotatable bonds is 7. The summed E-state index contributed by atoms with van der Waals surface area (Å²) >= 11 is 0. The molecule has 0 saturated carbocycles. The SMILES string of the molecule is CN=C(NCc1c(C)cc(C)cc1C)NCC1CC(=O)N(CCc2ccccc2)C1. The van der Waals surface area contributed by atoms with E-state index in [2.05, 4.69) is 60.7 Å². The summed E-state index contributed by atoms with van der Waals surface area (Å²) in [6.45, 7) is 9.53. The van der Waals surface area contributed by atoms with E-state index in [1.807, 2.05) is 23.1 Å². The van der Waals surface area contributed by atoms with Crippen molar-refractivity contribution in [2.75, 3.05) is 26.7 Å². The Morgan fingerprint density at radius 1 is 1.10 bits per heavy atom. The summed E-state index contributed by atoms with van der Waals surface area (Å²) in [7, 11) is 1.79. The number of hydrogen-bond donors (Lipinski definition) is 2. The Labute approximate surface area is 180 Å². The molecule has 160 valence electrons. The van der Waals surface area contributed by atoms with E-state index in [-0.39, 0.29) is 5.91 Å². The highest BCUT2D eigenvalue weighted by Crippen LogP contribution is 2.18. The summed E-state index contributed by atoms with van der Waals surface area (Å²) < 4.78 is 0. The zero-order valence-electron chi connectivity index (χ0n) is 18.7. The minimum Gasteiger partial charge on any atom is -0.356 e. The second-order valence-corrected chi connectivity index (χ2v) is 8.33. The van der Waals surface area contributed by atoms with Gasteiger partial charge in [0.15, 0.2) is 5.96 Å². The lowest BCUT2D eigenvalue weighted by molar-refractivity contribution is -0.127. The molecular weight excluding hydrogens is 372 g/mol. The van der Waals surface area contributed by atoms with Gasteiger partial charge in [0.05, 0.1) is 0 Å². The predicted molar refractivity (Wildman–Crippen MR) is 124 cm³/mol. The molecule has 0 aliphatic carbocycles. The van der Waals surface area contributed by atoms with Gasteiger partial charge in [-0.25, -0.2) is 0 Å². The van der Waals surface area contributed by atoms with Crippen LogP contribution in [0.2, 0.25) is 0 Å². The molecule has 5 nitrogen and oxygen atoms in total. The molecule has 1 aliphatic heterocycles. The summed E-state index contributed by atoms with van der Waals surface area (Å²) in [5.74, 6) is 1.35. The second kappa shape index (κ2) is 10.3. The fraction of sp³-hybridized carbons (Fsp3) is 0.440. The maximum atomic E-state index is 12.4. The first kappa shape index (κ1) is 21.9. The third-order valence-electron chi connectivity index (χ3n) is 5.86. The summed E-state index contributed by atoms with van der Waals surface area (Å²) in [4.78, 5) is 18.7. The van der Waals surface area contributed by atoms with Gasteiger partial charge in [-0.15, -0.1) is 0 Å². The number of aliphatic imine (C=N–C) groups is 1. The van der Waals surface area contributed by atoms with E-state index in [0.717, 1.165) is 38.6 Å². The van der Waals surface area contributed by atoms with Crippen molar-refractivity contribution in [3.8, 4) is 0 Å². The quantitative estimate of drug-likeness (QED) is 0.548. The molecule has 2 N–H and O–H groups in total. The molecule has 0 aromatic heterocycles. The number of nitrogens with one attached hydrogen (secondary N) is 2. The summed E-state index contributed by atoms with van der Waals surface area (Å²) in [6.07, 6.45) is 1.51. The van der Waals surface area contributed by atoms with Crippen LogP contribution in [0.15, 0.2) is 47.5 Å². The van der Waals surface area contributed by atoms with Gasteiger partial charge in [0, 0.05) is 45.6 Å². The number of aryl methyl sites for hydroxylation is 3. The van der Waals surface area contributed by atoms with Crippen LogP contribution < -0.4 is 10.6 Å². The van der Waals surface area contributed by atoms with Crippen LogP contribution in [-0.2, 0) is 17.8 Å². The van der Waals surface area contributed by atoms with E-state index in [9.17, 15) is 4.79 Å². The van der Waals surface area contributed by atoms with Crippen molar-refractivity contribution < 1.29 is 4.79 Å². The molecule has 2 aromatic carbocycles. The van der Waals surface area contributed by atoms with Crippen molar-refractivity contribution in [2.45, 2.75) is 40.2 Å². The molecule has 3 rings (SSSR count). The van der Waals surface area contributed by atoms with Gasteiger partial charge in [0.1, 0.15) is 0 Å². The minimum atomic E-state index is 0.256. The molecular formula is C25H34N4O. The van der Waals surface area contributed by atoms with E-state index in [1.54, 1.807) is 7.05 Å². The van der Waals surface area contributed by atoms with E-state index in [4.69, 9.17) is 0 Å². The Morgan fingerprint density at radius 2 is 1.80 bits per heavy atom. The van der Waals surface area contributed by atoms with E-state index < -0.39 is 0 Å². The summed E-state index contributed by atoms with van der Waals surface area (Å²) in [5.41, 5.74) is 6.47. The van der Waals surface area contributed by atoms with Crippen molar-refractivity contribution in [1.29, 1.82) is 0 Å². The lowest BCUT2D eigenvalue weighted by Gasteiger charge is -2.18. The van der Waals surface area contributed by atoms with Crippen LogP contribution in [0.25, 0.3) is 0 Å². The van der Waals surface area contributed by atoms with Crippen molar-refractivity contribution >= 4 is 11.9 Å². The molecule has 0 radical (unpaired) electrons. The fourth-order valence-electron chi connectivity index (χ4n) is 4.24. The molecule has 0 bridgehead atoms. The monoisotopic (exact) mass is 406 g/mol. The van der Waals surface area contributed by atoms with Crippen LogP contribution in [0.1, 0.15) is 34.2 Å². The Hall–Kier alpha value is -2.82. The highest BCUT2D eigenvalue weighted by Gasteiger charge is 2.29. The molecule has 1 atom stereocenters. The highest BCUT2D eigenvalue weighted by atomic mass is 16.2. The third-order valence-corrected chi connectivity index (χ3v) is 5.86. The predicted octanol–water partition coefficient (Wildman–Crippen LogP) is 3.37. The summed E-state index contributed by atoms with van der Waals surface area (Å²) in [5, 5.41) is 6.83. The van der Waals surface area contributed by atoms with Gasteiger partial charge in [-0.2, -0.15) is 0 Å². The molecule has 0 spiro atoms. The number of guanidine groups is 1. The van der Waals surface area contributed by atoms with Crippen molar-refractivity contribution in [2.24, 2.45) is 10.9 Å². The van der Waals surface area contributed by atoms with Crippen molar-refractivity contribution in [3.63, 3.8) is 0 Å². The van der Waals surface area contributed by atoms with Crippen LogP contribution in [0, 0.1) is 26.7 Å². The Bertz CT molecular complexity index is 868. The lowest BCUT2D eigenvalue weighted by atomic mass is 10.00. The molecule has 1 saturated heterocycles. The average molecular weight is 407 g/mol. The second-order valence-electron chi connectivity index (χ2n) is 8.33. The molecule has 1 fully saturated rings. The van der Waals surface area contributed by atoms with Crippen LogP contribution >= 0.6 is 0 Å². The lowest BCUT2D eigenvalue weighted by Crippen LogP contribution is -2.40. The third kappa shape index (κ3) is 5.85. The van der Waals surface area contributed by atoms with Crippen molar-refractivity contribution in [3.05, 3.63) is 70.3 Å². The molecule has 1 aliphatic rings. The van der Waals surface area contributed by atoms with Gasteiger partial charge in [-0.3, -0.25) is 9.79 Å². The molecule has 2 aromatic rings. The molecule has 1 unspecified atom stereocenters. The average Bonchev–Trinajstić information content (AvgIpc) is 3.08. The fourth-order valence-corrected chi connectivity index (χ4v) is 4.24. The number of benzene rings is 2. The Morgan fingerprint density at radius 3 is 2.47 bits per heavy atom. The largest absolute Gasteiger partial charge is 0.356 e. The number of amides is 1. The molecule has 1 amide bonds. The molecule has 5 heteroatoms. The number of carbonyl (C=O) groups excluding carboxylic acids is 1. The topological polar surface area (TPSA) is 56.7 Å². The van der Waals surface area contributed by atoms with Gasteiger partial charge < -0.3 is 15.5 Å². The van der Waals surface area contributed by atoms with Gasteiger partial charge in [-0.1, -0.05) is 48.0 Å². The number of nitrogens with zero attached hydrogens (tertiary/aromatic N) is 2. The minimum absolute atomic E-state index is 0.256. The maximum absolute atomic E-state index is 12.4. The molecule has 30 heavy (non-hydrogen) atoms. The Kier molecular flexibility index (Phi) is 7.50. The standard InChI is InChI=1S/C25H34N4O/c1-18-12-19(2)23(20(3)13-18)16-28-25(26-4)27-15-22-14-24(30)29(17-22)11-10-21-8-6-5-7-9-21/h5-9,12-13,22H,10-11,14-17H2,1-4H3,(H2,26,27,28). The van der Waals surface area contributed by atoms with Crippen LogP contribution in [0.3, 0.4) is 0 Å². The normalized spacial score (nSPS) is 16.8. The van der Waals surface area contributed by atoms with Gasteiger partial charge in [0.2, 0.25) is 5.91 Å². The van der Waals surface area contributed by atoms with Gasteiger partial charge in [0.25, 0.3) is 0 Å². The smallest absolute Gasteiger partial charge is 0.223 e. The van der Waals surface area contributed by atoms with Gasteiger partial charge >= 0.3 is 0 Å². The van der Waals surface area contributed by atoms with Crippen LogP contribution in [0.4, 0.5) is 0 Å². The number of carbonyl (C=O) groups is 1. The zero-order valence-corrected chi connectivity index (χ0v) is 18.7. The number of likely N-dealkylation sites (tertiary alicyclic amines) is 1. The Balaban J connectivity index is 1.45. The van der Waals surface area contributed by atoms with E-state index >= 15 is 0 Å². The highest BCUT2D eigenvalue weighted by molar-refractivity contribution is 5.81. The van der Waals surface area contributed by atoms with Crippen LogP contribution in [0.5, 0.6) is 0 Å². The first-order valence-electron chi connectivity index (χ1n) is 10.8. The first-order valence-corrected chi connectivity index (χ1v) is 10.8. The first-order chi connectivity index (χ1) is 14.5. The zero-order chi connectivity index (χ0) is 21.5. The van der Waals surface area contributed by atoms with Crippen LogP contribution in [-0.4, -0.2) is 43.4 Å². The van der Waals surface area contributed by atoms with E-state index in [0.29, 0.717) is 12.3 Å². The van der Waals surface area contributed by atoms with E-state index in [1.165, 1.54) is 27.8 Å². The van der Waals surface area contributed by atoms with Crippen molar-refractivity contribution in [1.82, 2.24) is 15.5 Å². The maximum Gasteiger partial charge on any atom is 0.223 e.